The molecular weight excluding hydrogens is 338 g/mol. The number of benzene rings is 2. The van der Waals surface area contributed by atoms with Crippen molar-refractivity contribution in [1.29, 1.82) is 0 Å². The number of nitrogens with zero attached hydrogens (tertiary/aromatic N) is 1. The van der Waals surface area contributed by atoms with E-state index in [4.69, 9.17) is 0 Å². The van der Waals surface area contributed by atoms with E-state index in [0.29, 0.717) is 0 Å². The van der Waals surface area contributed by atoms with Crippen molar-refractivity contribution < 1.29 is 30.8 Å². The molecule has 0 unspecified atom stereocenters. The van der Waals surface area contributed by atoms with E-state index in [2.05, 4.69) is 0 Å². The number of sulfonamides is 1. The van der Waals surface area contributed by atoms with Gasteiger partial charge < -0.3 is 0 Å². The van der Waals surface area contributed by atoms with Crippen molar-refractivity contribution in [1.82, 2.24) is 0 Å². The molecule has 0 fully saturated rings. The molecule has 0 heterocycles. The molecule has 0 aromatic heterocycles. The Morgan fingerprint density at radius 2 is 1.43 bits per heavy atom. The lowest BCUT2D eigenvalue weighted by Gasteiger charge is -2.23. The summed E-state index contributed by atoms with van der Waals surface area (Å²) in [6.07, 6.45) is 0. The molecule has 0 N–H and O–H groups in total. The minimum absolute atomic E-state index is 0.347. The molecule has 23 heavy (non-hydrogen) atoms. The second kappa shape index (κ2) is 5.99. The van der Waals surface area contributed by atoms with Gasteiger partial charge in [-0.05, 0) is 36.4 Å². The first-order valence-electron chi connectivity index (χ1n) is 6.11. The molecule has 0 radical (unpaired) electrons. The molecule has 0 atom stereocenters. The molecule has 0 spiro atoms. The standard InChI is InChI=1S/C14H9F4NO3S/c15-11-8-6-10(7-9-11)13(20)19(12-4-2-1-3-5-12)23(21,22)14(16,17)18/h1-9H. The highest BCUT2D eigenvalue weighted by Crippen LogP contribution is 2.32. The number of hydrogen-bond donors (Lipinski definition) is 0. The fourth-order valence-electron chi connectivity index (χ4n) is 1.74. The third kappa shape index (κ3) is 3.34. The Bertz CT molecular complexity index is 802. The maximum Gasteiger partial charge on any atom is 0.517 e. The van der Waals surface area contributed by atoms with Gasteiger partial charge in [0.1, 0.15) is 5.82 Å². The second-order valence-electron chi connectivity index (χ2n) is 4.36. The van der Waals surface area contributed by atoms with Crippen LogP contribution >= 0.6 is 0 Å². The van der Waals surface area contributed by atoms with E-state index in [-0.39, 0.29) is 4.31 Å². The highest BCUT2D eigenvalue weighted by atomic mass is 32.2. The number of carbonyl (C=O) groups excluding carboxylic acids is 1. The van der Waals surface area contributed by atoms with Crippen LogP contribution in [-0.2, 0) is 10.0 Å². The lowest BCUT2D eigenvalue weighted by molar-refractivity contribution is -0.0437. The van der Waals surface area contributed by atoms with Crippen LogP contribution in [0.3, 0.4) is 0 Å². The third-order valence-corrected chi connectivity index (χ3v) is 4.24. The van der Waals surface area contributed by atoms with Crippen molar-refractivity contribution >= 4 is 21.6 Å². The molecule has 1 amide bonds. The van der Waals surface area contributed by atoms with E-state index in [9.17, 15) is 30.8 Å². The molecule has 2 rings (SSSR count). The first-order valence-corrected chi connectivity index (χ1v) is 7.55. The number of rotatable bonds is 3. The third-order valence-electron chi connectivity index (χ3n) is 2.80. The fraction of sp³-hybridized carbons (Fsp3) is 0.0714. The van der Waals surface area contributed by atoms with E-state index in [1.54, 1.807) is 0 Å². The minimum atomic E-state index is -5.96. The molecule has 9 heteroatoms. The van der Waals surface area contributed by atoms with Gasteiger partial charge in [-0.15, -0.1) is 0 Å². The molecule has 0 aliphatic carbocycles. The summed E-state index contributed by atoms with van der Waals surface area (Å²) in [5.74, 6) is -2.15. The molecule has 2 aromatic carbocycles. The molecule has 2 aromatic rings. The number of para-hydroxylation sites is 1. The number of anilines is 1. The first kappa shape index (κ1) is 16.9. The zero-order chi connectivity index (χ0) is 17.3. The maximum absolute atomic E-state index is 12.9. The highest BCUT2D eigenvalue weighted by molar-refractivity contribution is 7.94. The summed E-state index contributed by atoms with van der Waals surface area (Å²) in [6.45, 7) is 0. The first-order chi connectivity index (χ1) is 10.6. The summed E-state index contributed by atoms with van der Waals surface area (Å²) in [6, 6.07) is 9.60. The summed E-state index contributed by atoms with van der Waals surface area (Å²) in [5.41, 5.74) is -6.54. The summed E-state index contributed by atoms with van der Waals surface area (Å²) >= 11 is 0. The van der Waals surface area contributed by atoms with E-state index < -0.39 is 38.5 Å². The Hall–Kier alpha value is -2.42. The Labute approximate surface area is 129 Å². The fourth-order valence-corrected chi connectivity index (χ4v) is 2.67. The van der Waals surface area contributed by atoms with Gasteiger partial charge in [0.15, 0.2) is 0 Å². The number of hydrogen-bond acceptors (Lipinski definition) is 3. The Morgan fingerprint density at radius 3 is 1.91 bits per heavy atom. The van der Waals surface area contributed by atoms with Gasteiger partial charge in [-0.2, -0.15) is 25.9 Å². The monoisotopic (exact) mass is 347 g/mol. The van der Waals surface area contributed by atoms with E-state index in [1.807, 2.05) is 0 Å². The van der Waals surface area contributed by atoms with Gasteiger partial charge in [-0.1, -0.05) is 18.2 Å². The number of carbonyl (C=O) groups is 1. The molecule has 0 saturated heterocycles. The maximum atomic E-state index is 12.9. The van der Waals surface area contributed by atoms with Crippen molar-refractivity contribution in [3.8, 4) is 0 Å². The van der Waals surface area contributed by atoms with Gasteiger partial charge in [-0.25, -0.2) is 4.39 Å². The van der Waals surface area contributed by atoms with Gasteiger partial charge in [0.05, 0.1) is 5.69 Å². The zero-order valence-electron chi connectivity index (χ0n) is 11.3. The summed E-state index contributed by atoms with van der Waals surface area (Å²) in [7, 11) is -5.96. The van der Waals surface area contributed by atoms with Gasteiger partial charge in [0, 0.05) is 5.56 Å². The van der Waals surface area contributed by atoms with Gasteiger partial charge in [0.25, 0.3) is 5.91 Å². The molecule has 4 nitrogen and oxygen atoms in total. The summed E-state index contributed by atoms with van der Waals surface area (Å²) < 4.78 is 74.6. The summed E-state index contributed by atoms with van der Waals surface area (Å²) in [4.78, 5) is 12.3. The Morgan fingerprint density at radius 1 is 0.913 bits per heavy atom. The largest absolute Gasteiger partial charge is 0.517 e. The van der Waals surface area contributed by atoms with Crippen LogP contribution in [0.25, 0.3) is 0 Å². The topological polar surface area (TPSA) is 54.5 Å². The predicted octanol–water partition coefficient (Wildman–Crippen LogP) is 3.32. The van der Waals surface area contributed by atoms with Crippen molar-refractivity contribution in [2.24, 2.45) is 0 Å². The van der Waals surface area contributed by atoms with Crippen LogP contribution in [0.1, 0.15) is 10.4 Å². The molecule has 0 bridgehead atoms. The van der Waals surface area contributed by atoms with Gasteiger partial charge in [-0.3, -0.25) is 4.79 Å². The predicted molar refractivity (Wildman–Crippen MR) is 74.6 cm³/mol. The number of amides is 1. The van der Waals surface area contributed by atoms with Gasteiger partial charge >= 0.3 is 15.5 Å². The lowest BCUT2D eigenvalue weighted by atomic mass is 10.2. The number of halogens is 4. The zero-order valence-corrected chi connectivity index (χ0v) is 12.1. The van der Waals surface area contributed by atoms with Crippen molar-refractivity contribution in [2.75, 3.05) is 4.31 Å². The average Bonchev–Trinajstić information content (AvgIpc) is 2.47. The van der Waals surface area contributed by atoms with E-state index in [1.165, 1.54) is 18.2 Å². The average molecular weight is 347 g/mol. The molecule has 122 valence electrons. The minimum Gasteiger partial charge on any atom is -0.268 e. The van der Waals surface area contributed by atoms with Crippen LogP contribution in [0.15, 0.2) is 54.6 Å². The van der Waals surface area contributed by atoms with Gasteiger partial charge in [0.2, 0.25) is 0 Å². The van der Waals surface area contributed by atoms with E-state index in [0.717, 1.165) is 36.4 Å². The second-order valence-corrected chi connectivity index (χ2v) is 6.14. The molecule has 0 aliphatic rings. The SMILES string of the molecule is O=C(c1ccc(F)cc1)N(c1ccccc1)S(=O)(=O)C(F)(F)F. The lowest BCUT2D eigenvalue weighted by Crippen LogP contribution is -2.44. The van der Waals surface area contributed by atoms with Crippen molar-refractivity contribution in [3.05, 3.63) is 66.0 Å². The van der Waals surface area contributed by atoms with Crippen LogP contribution < -0.4 is 4.31 Å². The molecule has 0 aliphatic heterocycles. The smallest absolute Gasteiger partial charge is 0.268 e. The normalized spacial score (nSPS) is 12.0. The quantitative estimate of drug-likeness (QED) is 0.801. The van der Waals surface area contributed by atoms with Crippen LogP contribution in [0.2, 0.25) is 0 Å². The van der Waals surface area contributed by atoms with E-state index >= 15 is 0 Å². The van der Waals surface area contributed by atoms with Crippen molar-refractivity contribution in [3.63, 3.8) is 0 Å². The molecule has 0 saturated carbocycles. The summed E-state index contributed by atoms with van der Waals surface area (Å²) in [5, 5.41) is 0. The highest BCUT2D eigenvalue weighted by Gasteiger charge is 2.52. The van der Waals surface area contributed by atoms with Crippen molar-refractivity contribution in [2.45, 2.75) is 5.51 Å². The van der Waals surface area contributed by atoms with Crippen LogP contribution in [0.5, 0.6) is 0 Å². The van der Waals surface area contributed by atoms with Crippen LogP contribution in [0.4, 0.5) is 23.2 Å². The Kier molecular flexibility index (Phi) is 4.42. The molecular formula is C14H9F4NO3S. The Balaban J connectivity index is 2.59. The van der Waals surface area contributed by atoms with Crippen LogP contribution in [0, 0.1) is 5.82 Å². The number of alkyl halides is 3. The van der Waals surface area contributed by atoms with Crippen LogP contribution in [-0.4, -0.2) is 19.8 Å².